The Labute approximate surface area is 163 Å². The van der Waals surface area contributed by atoms with Crippen molar-refractivity contribution in [2.75, 3.05) is 19.6 Å². The molecule has 1 aliphatic heterocycles. The molecule has 0 bridgehead atoms. The number of nitrogens with zero attached hydrogens (tertiary/aromatic N) is 3. The second-order valence-electron chi connectivity index (χ2n) is 7.14. The van der Waals surface area contributed by atoms with Gasteiger partial charge in [0.1, 0.15) is 0 Å². The second kappa shape index (κ2) is 8.50. The molecule has 3 heterocycles. The number of amides is 1. The summed E-state index contributed by atoms with van der Waals surface area (Å²) in [7, 11) is 0. The molecule has 0 fully saturated rings. The van der Waals surface area contributed by atoms with Gasteiger partial charge < -0.3 is 14.8 Å². The molecule has 1 aromatic carbocycles. The van der Waals surface area contributed by atoms with E-state index >= 15 is 0 Å². The van der Waals surface area contributed by atoms with Crippen LogP contribution in [0.2, 0.25) is 0 Å². The predicted molar refractivity (Wildman–Crippen MR) is 105 cm³/mol. The third-order valence-electron chi connectivity index (χ3n) is 4.99. The van der Waals surface area contributed by atoms with Gasteiger partial charge >= 0.3 is 0 Å². The monoisotopic (exact) mass is 380 g/mol. The average molecular weight is 380 g/mol. The lowest BCUT2D eigenvalue weighted by molar-refractivity contribution is -0.121. The van der Waals surface area contributed by atoms with Crippen LogP contribution in [0.4, 0.5) is 0 Å². The first kappa shape index (κ1) is 18.6. The number of aromatic nitrogens is 2. The molecule has 1 atom stereocenters. The lowest BCUT2D eigenvalue weighted by Gasteiger charge is -2.30. The Morgan fingerprint density at radius 2 is 2.11 bits per heavy atom. The molecule has 1 aliphatic rings. The minimum absolute atomic E-state index is 0.127. The zero-order valence-electron chi connectivity index (χ0n) is 15.7. The number of β-amino-alcohol motifs (C(OH)–C–C–N with tert-alkyl or cyclic N) is 1. The molecular weight excluding hydrogens is 356 g/mol. The normalized spacial score (nSPS) is 15.3. The van der Waals surface area contributed by atoms with Crippen LogP contribution < -0.4 is 5.32 Å². The SMILES string of the molecule is O=C(CCc1nc2ncccc2o1)NCC(O)CN1CCc2ccccc2C1. The molecule has 0 radical (unpaired) electrons. The Morgan fingerprint density at radius 1 is 1.25 bits per heavy atom. The molecule has 7 nitrogen and oxygen atoms in total. The van der Waals surface area contributed by atoms with E-state index in [9.17, 15) is 9.90 Å². The molecule has 2 aromatic heterocycles. The van der Waals surface area contributed by atoms with Crippen molar-refractivity contribution in [1.29, 1.82) is 0 Å². The Morgan fingerprint density at radius 3 is 2.96 bits per heavy atom. The van der Waals surface area contributed by atoms with E-state index in [0.29, 0.717) is 30.1 Å². The lowest BCUT2D eigenvalue weighted by atomic mass is 10.00. The second-order valence-corrected chi connectivity index (χ2v) is 7.14. The van der Waals surface area contributed by atoms with Crippen LogP contribution in [-0.4, -0.2) is 51.6 Å². The summed E-state index contributed by atoms with van der Waals surface area (Å²) in [5, 5.41) is 13.1. The van der Waals surface area contributed by atoms with Crippen LogP contribution in [0, 0.1) is 0 Å². The topological polar surface area (TPSA) is 91.5 Å². The molecule has 0 saturated carbocycles. The summed E-state index contributed by atoms with van der Waals surface area (Å²) in [6.07, 6.45) is 2.72. The number of hydrogen-bond acceptors (Lipinski definition) is 6. The summed E-state index contributed by atoms with van der Waals surface area (Å²) in [6, 6.07) is 12.0. The molecule has 7 heteroatoms. The number of aliphatic hydroxyl groups excluding tert-OH is 1. The van der Waals surface area contributed by atoms with E-state index in [0.717, 1.165) is 19.5 Å². The molecule has 0 saturated heterocycles. The molecule has 0 aliphatic carbocycles. The first-order valence-electron chi connectivity index (χ1n) is 9.62. The van der Waals surface area contributed by atoms with Gasteiger partial charge in [0.2, 0.25) is 5.91 Å². The molecule has 3 aromatic rings. The quantitative estimate of drug-likeness (QED) is 0.648. The Hall–Kier alpha value is -2.77. The van der Waals surface area contributed by atoms with Crippen LogP contribution in [0.25, 0.3) is 11.2 Å². The van der Waals surface area contributed by atoms with Gasteiger partial charge in [0.15, 0.2) is 17.1 Å². The van der Waals surface area contributed by atoms with Gasteiger partial charge in [0.05, 0.1) is 6.10 Å². The maximum absolute atomic E-state index is 12.1. The third kappa shape index (κ3) is 4.55. The van der Waals surface area contributed by atoms with Crippen LogP contribution in [0.5, 0.6) is 0 Å². The summed E-state index contributed by atoms with van der Waals surface area (Å²) in [5.41, 5.74) is 3.88. The van der Waals surface area contributed by atoms with Gasteiger partial charge in [-0.05, 0) is 29.7 Å². The Kier molecular flexibility index (Phi) is 5.64. The maximum Gasteiger partial charge on any atom is 0.220 e. The van der Waals surface area contributed by atoms with E-state index < -0.39 is 6.10 Å². The Balaban J connectivity index is 1.19. The Bertz CT molecular complexity index is 922. The molecule has 2 N–H and O–H groups in total. The molecule has 1 amide bonds. The fourth-order valence-electron chi connectivity index (χ4n) is 3.53. The summed E-state index contributed by atoms with van der Waals surface area (Å²) in [4.78, 5) is 22.7. The van der Waals surface area contributed by atoms with Crippen LogP contribution in [0.3, 0.4) is 0 Å². The number of benzene rings is 1. The molecule has 4 rings (SSSR count). The average Bonchev–Trinajstić information content (AvgIpc) is 3.14. The van der Waals surface area contributed by atoms with Crippen molar-refractivity contribution >= 4 is 17.1 Å². The van der Waals surface area contributed by atoms with E-state index in [1.807, 2.05) is 6.07 Å². The highest BCUT2D eigenvalue weighted by Crippen LogP contribution is 2.18. The molecule has 28 heavy (non-hydrogen) atoms. The number of aliphatic hydroxyl groups is 1. The highest BCUT2D eigenvalue weighted by molar-refractivity contribution is 5.76. The van der Waals surface area contributed by atoms with Crippen molar-refractivity contribution in [1.82, 2.24) is 20.2 Å². The zero-order valence-corrected chi connectivity index (χ0v) is 15.7. The minimum atomic E-state index is -0.595. The number of hydrogen-bond donors (Lipinski definition) is 2. The van der Waals surface area contributed by atoms with Crippen molar-refractivity contribution in [3.05, 3.63) is 59.6 Å². The van der Waals surface area contributed by atoms with E-state index in [1.54, 1.807) is 18.3 Å². The van der Waals surface area contributed by atoms with Crippen molar-refractivity contribution in [2.45, 2.75) is 31.9 Å². The van der Waals surface area contributed by atoms with Gasteiger partial charge in [0, 0.05) is 45.2 Å². The van der Waals surface area contributed by atoms with Crippen LogP contribution >= 0.6 is 0 Å². The molecule has 146 valence electrons. The van der Waals surface area contributed by atoms with Crippen molar-refractivity contribution < 1.29 is 14.3 Å². The summed E-state index contributed by atoms with van der Waals surface area (Å²) >= 11 is 0. The largest absolute Gasteiger partial charge is 0.439 e. The molecular formula is C21H24N4O3. The highest BCUT2D eigenvalue weighted by atomic mass is 16.3. The van der Waals surface area contributed by atoms with Crippen LogP contribution in [-0.2, 0) is 24.2 Å². The first-order valence-corrected chi connectivity index (χ1v) is 9.62. The smallest absolute Gasteiger partial charge is 0.220 e. The van der Waals surface area contributed by atoms with E-state index in [-0.39, 0.29) is 18.9 Å². The number of aryl methyl sites for hydroxylation is 1. The fraction of sp³-hybridized carbons (Fsp3) is 0.381. The standard InChI is InChI=1S/C21H24N4O3/c26-17(14-25-11-9-15-4-1-2-5-16(15)13-25)12-23-19(27)7-8-20-24-21-18(28-20)6-3-10-22-21/h1-6,10,17,26H,7-9,11-14H2,(H,23,27). The van der Waals surface area contributed by atoms with Crippen LogP contribution in [0.1, 0.15) is 23.4 Å². The van der Waals surface area contributed by atoms with E-state index in [4.69, 9.17) is 4.42 Å². The van der Waals surface area contributed by atoms with E-state index in [1.165, 1.54) is 11.1 Å². The summed E-state index contributed by atoms with van der Waals surface area (Å²) < 4.78 is 5.56. The number of oxazole rings is 1. The van der Waals surface area contributed by atoms with Gasteiger partial charge in [-0.1, -0.05) is 24.3 Å². The van der Waals surface area contributed by atoms with Gasteiger partial charge in [-0.15, -0.1) is 0 Å². The lowest BCUT2D eigenvalue weighted by Crippen LogP contribution is -2.42. The number of carbonyl (C=O) groups excluding carboxylic acids is 1. The summed E-state index contributed by atoms with van der Waals surface area (Å²) in [6.45, 7) is 2.55. The predicted octanol–water partition coefficient (Wildman–Crippen LogP) is 1.69. The van der Waals surface area contributed by atoms with Gasteiger partial charge in [-0.25, -0.2) is 4.98 Å². The number of fused-ring (bicyclic) bond motifs is 2. The number of nitrogens with one attached hydrogen (secondary N) is 1. The van der Waals surface area contributed by atoms with Crippen molar-refractivity contribution in [2.24, 2.45) is 0 Å². The summed E-state index contributed by atoms with van der Waals surface area (Å²) in [5.74, 6) is 0.370. The van der Waals surface area contributed by atoms with Gasteiger partial charge in [-0.3, -0.25) is 9.69 Å². The first-order chi connectivity index (χ1) is 13.7. The van der Waals surface area contributed by atoms with E-state index in [2.05, 4.69) is 38.4 Å². The molecule has 0 spiro atoms. The highest BCUT2D eigenvalue weighted by Gasteiger charge is 2.19. The fourth-order valence-corrected chi connectivity index (χ4v) is 3.53. The van der Waals surface area contributed by atoms with Gasteiger partial charge in [-0.2, -0.15) is 4.98 Å². The van der Waals surface area contributed by atoms with Crippen LogP contribution in [0.15, 0.2) is 47.0 Å². The minimum Gasteiger partial charge on any atom is -0.439 e. The molecule has 1 unspecified atom stereocenters. The number of rotatable bonds is 7. The maximum atomic E-state index is 12.1. The van der Waals surface area contributed by atoms with Crippen molar-refractivity contribution in [3.8, 4) is 0 Å². The number of pyridine rings is 1. The van der Waals surface area contributed by atoms with Crippen molar-refractivity contribution in [3.63, 3.8) is 0 Å². The third-order valence-corrected chi connectivity index (χ3v) is 4.99. The van der Waals surface area contributed by atoms with Gasteiger partial charge in [0.25, 0.3) is 0 Å². The zero-order chi connectivity index (χ0) is 19.3. The number of carbonyl (C=O) groups is 1.